The van der Waals surface area contributed by atoms with Crippen LogP contribution in [-0.2, 0) is 25.5 Å². The molecule has 1 aromatic carbocycles. The number of fused-ring (bicyclic) bond motifs is 1. The molecule has 7 nitrogen and oxygen atoms in total. The van der Waals surface area contributed by atoms with Crippen LogP contribution in [0.2, 0.25) is 0 Å². The second-order valence-electron chi connectivity index (χ2n) is 9.75. The summed E-state index contributed by atoms with van der Waals surface area (Å²) in [4.78, 5) is 42.3. The van der Waals surface area contributed by atoms with E-state index in [4.69, 9.17) is 4.74 Å². The molecule has 1 heterocycles. The number of likely N-dealkylation sites (tertiary alicyclic amines) is 1. The molecule has 0 aromatic heterocycles. The van der Waals surface area contributed by atoms with Crippen molar-refractivity contribution >= 4 is 17.8 Å². The number of aliphatic hydroxyl groups is 1. The fourth-order valence-electron chi connectivity index (χ4n) is 5.76. The lowest BCUT2D eigenvalue weighted by molar-refractivity contribution is -0.156. The van der Waals surface area contributed by atoms with Crippen molar-refractivity contribution in [2.75, 3.05) is 13.2 Å². The predicted molar refractivity (Wildman–Crippen MR) is 134 cm³/mol. The fourth-order valence-corrected chi connectivity index (χ4v) is 5.76. The largest absolute Gasteiger partial charge is 0.466 e. The van der Waals surface area contributed by atoms with Crippen molar-refractivity contribution < 1.29 is 24.2 Å². The minimum Gasteiger partial charge on any atom is -0.466 e. The monoisotopic (exact) mass is 484 g/mol. The third kappa shape index (κ3) is 5.77. The van der Waals surface area contributed by atoms with Gasteiger partial charge in [-0.1, -0.05) is 62.8 Å². The highest BCUT2D eigenvalue weighted by Crippen LogP contribution is 2.46. The van der Waals surface area contributed by atoms with E-state index in [9.17, 15) is 19.5 Å². The normalized spacial score (nSPS) is 27.3. The van der Waals surface area contributed by atoms with Gasteiger partial charge < -0.3 is 20.1 Å². The second kappa shape index (κ2) is 12.3. The second-order valence-corrected chi connectivity index (χ2v) is 9.75. The third-order valence-electron chi connectivity index (χ3n) is 7.37. The van der Waals surface area contributed by atoms with Crippen LogP contribution in [0.15, 0.2) is 42.5 Å². The Morgan fingerprint density at radius 2 is 1.86 bits per heavy atom. The van der Waals surface area contributed by atoms with Crippen molar-refractivity contribution in [2.24, 2.45) is 23.7 Å². The lowest BCUT2D eigenvalue weighted by atomic mass is 9.69. The molecule has 0 radical (unpaired) electrons. The Morgan fingerprint density at radius 3 is 2.46 bits per heavy atom. The molecule has 2 amide bonds. The number of carbonyl (C=O) groups excluding carboxylic acids is 3. The third-order valence-corrected chi connectivity index (χ3v) is 7.37. The van der Waals surface area contributed by atoms with Gasteiger partial charge in [0.1, 0.15) is 6.04 Å². The summed E-state index contributed by atoms with van der Waals surface area (Å²) in [5.41, 5.74) is 0.969. The first-order valence-electron chi connectivity index (χ1n) is 13.0. The standard InChI is InChI=1S/C28H40N2O5/c1-5-11-18(4)29-26(32)25-22-15-14-20(6-2)23(28(34)35-7-3)24(22)27(33)30(25)21(17-31)16-19-12-9-8-10-13-19/h8-10,12-15,18,20-25,31H,5-7,11,16-17H2,1-4H3,(H,29,32)/t18?,20-,21-,22+,23-,24-,25+/m1/s1. The quantitative estimate of drug-likeness (QED) is 0.372. The molecule has 2 aliphatic rings. The Labute approximate surface area is 208 Å². The molecule has 2 N–H and O–H groups in total. The number of nitrogens with zero attached hydrogens (tertiary/aromatic N) is 1. The van der Waals surface area contributed by atoms with Gasteiger partial charge in [-0.2, -0.15) is 0 Å². The average molecular weight is 485 g/mol. The van der Waals surface area contributed by atoms with E-state index in [2.05, 4.69) is 12.2 Å². The summed E-state index contributed by atoms with van der Waals surface area (Å²) in [7, 11) is 0. The maximum Gasteiger partial charge on any atom is 0.310 e. The Hall–Kier alpha value is -2.67. The van der Waals surface area contributed by atoms with E-state index in [1.807, 2.05) is 56.3 Å². The van der Waals surface area contributed by atoms with Gasteiger partial charge in [-0.25, -0.2) is 0 Å². The Morgan fingerprint density at radius 1 is 1.14 bits per heavy atom. The highest BCUT2D eigenvalue weighted by molar-refractivity contribution is 5.96. The predicted octanol–water partition coefficient (Wildman–Crippen LogP) is 3.11. The molecule has 1 aliphatic heterocycles. The van der Waals surface area contributed by atoms with Crippen LogP contribution in [0.1, 0.15) is 52.5 Å². The number of hydrogen-bond acceptors (Lipinski definition) is 5. The van der Waals surface area contributed by atoms with Crippen LogP contribution in [0.5, 0.6) is 0 Å². The van der Waals surface area contributed by atoms with Crippen LogP contribution in [0.25, 0.3) is 0 Å². The van der Waals surface area contributed by atoms with Gasteiger partial charge in [-0.15, -0.1) is 0 Å². The van der Waals surface area contributed by atoms with Crippen LogP contribution in [0, 0.1) is 23.7 Å². The highest BCUT2D eigenvalue weighted by atomic mass is 16.5. The van der Waals surface area contributed by atoms with Crippen molar-refractivity contribution in [3.63, 3.8) is 0 Å². The van der Waals surface area contributed by atoms with Gasteiger partial charge in [-0.05, 0) is 44.6 Å². The van der Waals surface area contributed by atoms with E-state index < -0.39 is 35.8 Å². The Kier molecular flexibility index (Phi) is 9.49. The van der Waals surface area contributed by atoms with Crippen LogP contribution in [0.3, 0.4) is 0 Å². The first-order chi connectivity index (χ1) is 16.9. The number of nitrogens with one attached hydrogen (secondary N) is 1. The van der Waals surface area contributed by atoms with Gasteiger partial charge in [0, 0.05) is 12.0 Å². The van der Waals surface area contributed by atoms with Crippen LogP contribution in [-0.4, -0.2) is 59.1 Å². The van der Waals surface area contributed by atoms with Crippen LogP contribution in [0.4, 0.5) is 0 Å². The number of amides is 2. The zero-order valence-corrected chi connectivity index (χ0v) is 21.4. The van der Waals surface area contributed by atoms with E-state index in [0.717, 1.165) is 18.4 Å². The van der Waals surface area contributed by atoms with Gasteiger partial charge in [0.2, 0.25) is 11.8 Å². The molecular formula is C28H40N2O5. The van der Waals surface area contributed by atoms with Gasteiger partial charge in [0.15, 0.2) is 0 Å². The molecule has 1 fully saturated rings. The molecule has 7 atom stereocenters. The summed E-state index contributed by atoms with van der Waals surface area (Å²) < 4.78 is 5.39. The van der Waals surface area contributed by atoms with Crippen molar-refractivity contribution in [2.45, 2.75) is 71.5 Å². The van der Waals surface area contributed by atoms with Crippen molar-refractivity contribution in [1.82, 2.24) is 10.2 Å². The molecule has 192 valence electrons. The van der Waals surface area contributed by atoms with E-state index in [0.29, 0.717) is 12.8 Å². The number of esters is 1. The van der Waals surface area contributed by atoms with E-state index in [1.165, 1.54) is 0 Å². The van der Waals surface area contributed by atoms with Gasteiger partial charge in [0.05, 0.1) is 31.1 Å². The van der Waals surface area contributed by atoms with Crippen LogP contribution < -0.4 is 5.32 Å². The number of carbonyl (C=O) groups is 3. The molecule has 7 heteroatoms. The molecule has 1 unspecified atom stereocenters. The van der Waals surface area contributed by atoms with Crippen LogP contribution >= 0.6 is 0 Å². The number of aliphatic hydroxyl groups excluding tert-OH is 1. The number of rotatable bonds is 11. The summed E-state index contributed by atoms with van der Waals surface area (Å²) in [6.07, 6.45) is 6.78. The maximum atomic E-state index is 14.0. The first kappa shape index (κ1) is 26.9. The van der Waals surface area contributed by atoms with Crippen molar-refractivity contribution in [3.05, 3.63) is 48.0 Å². The van der Waals surface area contributed by atoms with Gasteiger partial charge in [-0.3, -0.25) is 14.4 Å². The summed E-state index contributed by atoms with van der Waals surface area (Å²) >= 11 is 0. The lowest BCUT2D eigenvalue weighted by Crippen LogP contribution is -2.54. The van der Waals surface area contributed by atoms with E-state index in [1.54, 1.807) is 11.8 Å². The maximum absolute atomic E-state index is 14.0. The molecule has 0 saturated carbocycles. The zero-order chi connectivity index (χ0) is 25.5. The molecule has 0 spiro atoms. The van der Waals surface area contributed by atoms with E-state index in [-0.39, 0.29) is 37.0 Å². The number of allylic oxidation sites excluding steroid dienone is 1. The molecule has 1 aromatic rings. The van der Waals surface area contributed by atoms with Gasteiger partial charge in [0.25, 0.3) is 0 Å². The minimum absolute atomic E-state index is 0.0398. The Bertz CT molecular complexity index is 902. The summed E-state index contributed by atoms with van der Waals surface area (Å²) in [6, 6.07) is 8.23. The number of benzene rings is 1. The van der Waals surface area contributed by atoms with Crippen molar-refractivity contribution in [1.29, 1.82) is 0 Å². The smallest absolute Gasteiger partial charge is 0.310 e. The summed E-state index contributed by atoms with van der Waals surface area (Å²) in [5.74, 6) is -2.81. The van der Waals surface area contributed by atoms with Crippen molar-refractivity contribution in [3.8, 4) is 0 Å². The molecule has 3 rings (SSSR count). The van der Waals surface area contributed by atoms with Gasteiger partial charge >= 0.3 is 5.97 Å². The van der Waals surface area contributed by atoms with E-state index >= 15 is 0 Å². The molecule has 1 saturated heterocycles. The SMILES string of the molecule is CCCC(C)NC(=O)[C@@H]1[C@H]2C=C[C@@H](CC)[C@@H](C(=O)OCC)[C@@H]2C(=O)N1[C@@H](CO)Cc1ccccc1. The zero-order valence-electron chi connectivity index (χ0n) is 21.4. The number of hydrogen-bond donors (Lipinski definition) is 2. The fraction of sp³-hybridized carbons (Fsp3) is 0.607. The topological polar surface area (TPSA) is 95.9 Å². The Balaban J connectivity index is 2.02. The molecular weight excluding hydrogens is 444 g/mol. The summed E-state index contributed by atoms with van der Waals surface area (Å²) in [6.45, 7) is 7.71. The number of ether oxygens (including phenoxy) is 1. The molecule has 0 bridgehead atoms. The molecule has 1 aliphatic carbocycles. The minimum atomic E-state index is -0.793. The summed E-state index contributed by atoms with van der Waals surface area (Å²) in [5, 5.41) is 13.5. The molecule has 35 heavy (non-hydrogen) atoms. The average Bonchev–Trinajstić information content (AvgIpc) is 3.15. The lowest BCUT2D eigenvalue weighted by Gasteiger charge is -2.34. The highest BCUT2D eigenvalue weighted by Gasteiger charge is 2.58. The first-order valence-corrected chi connectivity index (χ1v) is 13.0.